The summed E-state index contributed by atoms with van der Waals surface area (Å²) in [5.41, 5.74) is 0. The molecule has 7 heavy (non-hydrogen) atoms. The predicted molar refractivity (Wildman–Crippen MR) is 25.9 cm³/mol. The fraction of sp³-hybridized carbons (Fsp3) is 1.00. The number of aliphatic hydroxyl groups is 2. The number of nitrogens with one attached hydrogen (secondary N) is 1. The quantitative estimate of drug-likeness (QED) is 0.339. The summed E-state index contributed by atoms with van der Waals surface area (Å²) in [5.74, 6) is 0. The molecule has 0 unspecified atom stereocenters. The molecule has 0 rings (SSSR count). The third kappa shape index (κ3) is 5.88. The van der Waals surface area contributed by atoms with Crippen molar-refractivity contribution in [3.05, 3.63) is 0 Å². The zero-order valence-electron chi connectivity index (χ0n) is 4.68. The summed E-state index contributed by atoms with van der Waals surface area (Å²) in [5, 5.41) is 16.5. The Morgan fingerprint density at radius 2 is 1.86 bits per heavy atom. The molecular formula is C4H12NO2+. The van der Waals surface area contributed by atoms with Crippen molar-refractivity contribution in [3.63, 3.8) is 0 Å². The molecule has 0 spiro atoms. The highest BCUT2D eigenvalue weighted by Gasteiger charge is 1.99. The molecule has 0 aliphatic heterocycles. The van der Waals surface area contributed by atoms with Gasteiger partial charge in [-0.15, -0.1) is 0 Å². The monoisotopic (exact) mass is 106 g/mol. The molecular weight excluding hydrogens is 94.0 g/mol. The van der Waals surface area contributed by atoms with Crippen LogP contribution in [0.2, 0.25) is 0 Å². The number of aliphatic hydroxyl groups excluding tert-OH is 1. The Hall–Kier alpha value is -0.120. The molecule has 0 radical (unpaired) electrons. The summed E-state index contributed by atoms with van der Waals surface area (Å²) >= 11 is 0. The highest BCUT2D eigenvalue weighted by molar-refractivity contribution is 4.22. The summed E-state index contributed by atoms with van der Waals surface area (Å²) < 4.78 is 0. The Bertz CT molecular complexity index is 39.0. The van der Waals surface area contributed by atoms with Crippen LogP contribution >= 0.6 is 0 Å². The van der Waals surface area contributed by atoms with Gasteiger partial charge in [-0.1, -0.05) is 0 Å². The van der Waals surface area contributed by atoms with E-state index >= 15 is 0 Å². The van der Waals surface area contributed by atoms with Crippen LogP contribution < -0.4 is 4.90 Å². The van der Waals surface area contributed by atoms with E-state index in [1.165, 1.54) is 0 Å². The van der Waals surface area contributed by atoms with Crippen LogP contribution in [0.1, 0.15) is 0 Å². The molecule has 0 atom stereocenters. The van der Waals surface area contributed by atoms with E-state index in [0.717, 1.165) is 4.90 Å². The summed E-state index contributed by atoms with van der Waals surface area (Å²) in [6.07, 6.45) is -1.16. The van der Waals surface area contributed by atoms with Crippen LogP contribution in [0, 0.1) is 0 Å². The van der Waals surface area contributed by atoms with Crippen molar-refractivity contribution in [2.24, 2.45) is 0 Å². The van der Waals surface area contributed by atoms with Gasteiger partial charge in [-0.2, -0.15) is 0 Å². The molecule has 0 aromatic rings. The molecule has 0 saturated heterocycles. The van der Waals surface area contributed by atoms with Gasteiger partial charge >= 0.3 is 0 Å². The molecule has 0 heterocycles. The molecule has 0 amide bonds. The third-order valence-corrected chi connectivity index (χ3v) is 0.591. The lowest BCUT2D eigenvalue weighted by molar-refractivity contribution is -0.865. The number of rotatable bonds is 2. The lowest BCUT2D eigenvalue weighted by atomic mass is 10.6. The van der Waals surface area contributed by atoms with E-state index in [1.54, 1.807) is 0 Å². The van der Waals surface area contributed by atoms with Gasteiger partial charge in [0.2, 0.25) is 6.29 Å². The smallest absolute Gasteiger partial charge is 0.202 e. The van der Waals surface area contributed by atoms with E-state index in [1.807, 2.05) is 14.1 Å². The first-order valence-electron chi connectivity index (χ1n) is 2.28. The number of likely N-dealkylation sites (N-methyl/N-ethyl adjacent to an activating group) is 1. The summed E-state index contributed by atoms with van der Waals surface area (Å²) in [7, 11) is 3.72. The largest absolute Gasteiger partial charge is 0.364 e. The minimum atomic E-state index is -1.16. The zero-order chi connectivity index (χ0) is 5.86. The van der Waals surface area contributed by atoms with Gasteiger partial charge in [0.25, 0.3) is 0 Å². The lowest BCUT2D eigenvalue weighted by Crippen LogP contribution is -3.07. The maximum absolute atomic E-state index is 8.26. The Balaban J connectivity index is 2.95. The van der Waals surface area contributed by atoms with Crippen LogP contribution in [0.5, 0.6) is 0 Å². The molecule has 0 saturated carbocycles. The van der Waals surface area contributed by atoms with Crippen molar-refractivity contribution in [3.8, 4) is 0 Å². The van der Waals surface area contributed by atoms with Gasteiger partial charge in [-0.05, 0) is 0 Å². The first kappa shape index (κ1) is 6.88. The van der Waals surface area contributed by atoms with E-state index in [-0.39, 0.29) is 0 Å². The molecule has 0 fully saturated rings. The van der Waals surface area contributed by atoms with Gasteiger partial charge < -0.3 is 15.1 Å². The molecule has 3 heteroatoms. The van der Waals surface area contributed by atoms with E-state index < -0.39 is 6.29 Å². The van der Waals surface area contributed by atoms with E-state index in [9.17, 15) is 0 Å². The third-order valence-electron chi connectivity index (χ3n) is 0.591. The normalized spacial score (nSPS) is 11.1. The van der Waals surface area contributed by atoms with Crippen LogP contribution in [0.25, 0.3) is 0 Å². The van der Waals surface area contributed by atoms with Crippen LogP contribution in [0.15, 0.2) is 0 Å². The number of quaternary nitrogens is 1. The van der Waals surface area contributed by atoms with Crippen molar-refractivity contribution in [2.45, 2.75) is 6.29 Å². The second-order valence-electron chi connectivity index (χ2n) is 1.89. The van der Waals surface area contributed by atoms with Gasteiger partial charge in [-0.3, -0.25) is 0 Å². The topological polar surface area (TPSA) is 44.9 Å². The van der Waals surface area contributed by atoms with Crippen LogP contribution in [-0.4, -0.2) is 37.1 Å². The Kier molecular flexibility index (Phi) is 2.91. The molecule has 0 aliphatic carbocycles. The maximum Gasteiger partial charge on any atom is 0.202 e. The van der Waals surface area contributed by atoms with Crippen molar-refractivity contribution < 1.29 is 15.1 Å². The molecule has 3 nitrogen and oxygen atoms in total. The average molecular weight is 106 g/mol. The first-order valence-corrected chi connectivity index (χ1v) is 2.28. The van der Waals surface area contributed by atoms with E-state index in [0.29, 0.717) is 6.54 Å². The maximum atomic E-state index is 8.26. The summed E-state index contributed by atoms with van der Waals surface area (Å²) in [4.78, 5) is 1.04. The van der Waals surface area contributed by atoms with Crippen molar-refractivity contribution in [2.75, 3.05) is 20.6 Å². The minimum absolute atomic E-state index is 0.389. The fourth-order valence-electron chi connectivity index (χ4n) is 0.365. The van der Waals surface area contributed by atoms with Gasteiger partial charge in [-0.25, -0.2) is 0 Å². The number of hydrogen-bond acceptors (Lipinski definition) is 2. The van der Waals surface area contributed by atoms with Crippen LogP contribution in [0.3, 0.4) is 0 Å². The highest BCUT2D eigenvalue weighted by atomic mass is 16.5. The van der Waals surface area contributed by atoms with Gasteiger partial charge in [0.05, 0.1) is 14.1 Å². The second kappa shape index (κ2) is 2.96. The zero-order valence-corrected chi connectivity index (χ0v) is 4.68. The van der Waals surface area contributed by atoms with Crippen LogP contribution in [-0.2, 0) is 0 Å². The summed E-state index contributed by atoms with van der Waals surface area (Å²) in [6, 6.07) is 0. The first-order chi connectivity index (χ1) is 3.13. The SMILES string of the molecule is C[NH+](C)CC(O)O. The van der Waals surface area contributed by atoms with Crippen LogP contribution in [0.4, 0.5) is 0 Å². The second-order valence-corrected chi connectivity index (χ2v) is 1.89. The van der Waals surface area contributed by atoms with Crippen molar-refractivity contribution in [1.82, 2.24) is 0 Å². The minimum Gasteiger partial charge on any atom is -0.364 e. The molecule has 44 valence electrons. The molecule has 3 N–H and O–H groups in total. The van der Waals surface area contributed by atoms with Gasteiger partial charge in [0.1, 0.15) is 6.54 Å². The standard InChI is InChI=1S/C4H11NO2/c1-5(2)3-4(6)7/h4,6-7H,3H2,1-2H3/p+1. The Morgan fingerprint density at radius 1 is 1.43 bits per heavy atom. The number of hydrogen-bond donors (Lipinski definition) is 3. The van der Waals surface area contributed by atoms with Gasteiger partial charge in [0.15, 0.2) is 0 Å². The van der Waals surface area contributed by atoms with Gasteiger partial charge in [0, 0.05) is 0 Å². The highest BCUT2D eigenvalue weighted by Crippen LogP contribution is 1.59. The lowest BCUT2D eigenvalue weighted by Gasteiger charge is -2.06. The Morgan fingerprint density at radius 3 is 1.86 bits per heavy atom. The van der Waals surface area contributed by atoms with E-state index in [2.05, 4.69) is 0 Å². The molecule has 0 bridgehead atoms. The fourth-order valence-corrected chi connectivity index (χ4v) is 0.365. The average Bonchev–Trinajstić information content (AvgIpc) is 1.27. The van der Waals surface area contributed by atoms with Crippen molar-refractivity contribution >= 4 is 0 Å². The van der Waals surface area contributed by atoms with E-state index in [4.69, 9.17) is 10.2 Å². The molecule has 0 aromatic carbocycles. The predicted octanol–water partition coefficient (Wildman–Crippen LogP) is -2.56. The van der Waals surface area contributed by atoms with Crippen molar-refractivity contribution in [1.29, 1.82) is 0 Å². The Labute approximate surface area is 43.2 Å². The molecule has 0 aliphatic rings. The summed E-state index contributed by atoms with van der Waals surface area (Å²) in [6.45, 7) is 0.389. The molecule has 0 aromatic heterocycles.